The molecule has 2 atom stereocenters. The van der Waals surface area contributed by atoms with Crippen LogP contribution in [0.15, 0.2) is 36.7 Å². The Morgan fingerprint density at radius 3 is 3.14 bits per heavy atom. The summed E-state index contributed by atoms with van der Waals surface area (Å²) < 4.78 is 7.72. The normalized spacial score (nSPS) is 18.9. The van der Waals surface area contributed by atoms with Crippen molar-refractivity contribution < 1.29 is 4.74 Å². The molecule has 5 heteroatoms. The van der Waals surface area contributed by atoms with Crippen LogP contribution in [0.3, 0.4) is 0 Å². The van der Waals surface area contributed by atoms with Gasteiger partial charge in [0.15, 0.2) is 0 Å². The number of aromatic nitrogens is 2. The van der Waals surface area contributed by atoms with Crippen molar-refractivity contribution in [2.45, 2.75) is 38.3 Å². The van der Waals surface area contributed by atoms with Gasteiger partial charge in [-0.1, -0.05) is 25.1 Å². The van der Waals surface area contributed by atoms with Gasteiger partial charge in [-0.25, -0.2) is 0 Å². The monoisotopic (exact) mass is 286 g/mol. The van der Waals surface area contributed by atoms with Gasteiger partial charge in [0.2, 0.25) is 0 Å². The van der Waals surface area contributed by atoms with Gasteiger partial charge < -0.3 is 4.74 Å². The van der Waals surface area contributed by atoms with Gasteiger partial charge in [-0.15, -0.1) is 0 Å². The number of nitrogens with two attached hydrogens (primary N) is 1. The van der Waals surface area contributed by atoms with Crippen molar-refractivity contribution in [3.05, 3.63) is 47.8 Å². The van der Waals surface area contributed by atoms with Crippen molar-refractivity contribution in [2.24, 2.45) is 5.84 Å². The van der Waals surface area contributed by atoms with Crippen LogP contribution in [-0.4, -0.2) is 16.4 Å². The largest absolute Gasteiger partial charge is 0.493 e. The van der Waals surface area contributed by atoms with E-state index in [1.54, 1.807) is 0 Å². The van der Waals surface area contributed by atoms with Crippen LogP contribution in [0.1, 0.15) is 42.9 Å². The molecule has 2 heterocycles. The molecule has 0 radical (unpaired) electrons. The molecular formula is C16H22N4O. The average Bonchev–Trinajstić information content (AvgIpc) is 2.97. The van der Waals surface area contributed by atoms with Crippen molar-refractivity contribution in [1.29, 1.82) is 0 Å². The lowest BCUT2D eigenvalue weighted by molar-refractivity contribution is 0.246. The molecular weight excluding hydrogens is 264 g/mol. The van der Waals surface area contributed by atoms with Crippen molar-refractivity contribution in [3.8, 4) is 5.75 Å². The van der Waals surface area contributed by atoms with Crippen molar-refractivity contribution >= 4 is 0 Å². The lowest BCUT2D eigenvalue weighted by atomic mass is 9.84. The minimum atomic E-state index is 0.0562. The van der Waals surface area contributed by atoms with Crippen LogP contribution < -0.4 is 16.0 Å². The van der Waals surface area contributed by atoms with Crippen LogP contribution in [0.25, 0.3) is 0 Å². The number of aryl methyl sites for hydroxylation is 1. The summed E-state index contributed by atoms with van der Waals surface area (Å²) in [6.45, 7) is 3.80. The number of hydrogen-bond acceptors (Lipinski definition) is 4. The van der Waals surface area contributed by atoms with E-state index in [2.05, 4.69) is 35.8 Å². The first-order valence-corrected chi connectivity index (χ1v) is 7.53. The Morgan fingerprint density at radius 1 is 1.48 bits per heavy atom. The third-order valence-electron chi connectivity index (χ3n) is 4.05. The van der Waals surface area contributed by atoms with E-state index in [0.29, 0.717) is 5.92 Å². The zero-order valence-electron chi connectivity index (χ0n) is 12.3. The molecule has 5 nitrogen and oxygen atoms in total. The van der Waals surface area contributed by atoms with Crippen LogP contribution in [0.2, 0.25) is 0 Å². The van der Waals surface area contributed by atoms with Crippen molar-refractivity contribution in [2.75, 3.05) is 6.61 Å². The second-order valence-corrected chi connectivity index (χ2v) is 5.46. The van der Waals surface area contributed by atoms with E-state index in [4.69, 9.17) is 10.6 Å². The summed E-state index contributed by atoms with van der Waals surface area (Å²) in [5, 5.41) is 4.42. The molecule has 0 spiro atoms. The fraction of sp³-hybridized carbons (Fsp3) is 0.438. The second-order valence-electron chi connectivity index (χ2n) is 5.46. The highest BCUT2D eigenvalue weighted by molar-refractivity contribution is 5.39. The third-order valence-corrected chi connectivity index (χ3v) is 4.05. The smallest absolute Gasteiger partial charge is 0.122 e. The number of hydrogen-bond donors (Lipinski definition) is 2. The maximum absolute atomic E-state index is 5.85. The van der Waals surface area contributed by atoms with Crippen LogP contribution in [0, 0.1) is 0 Å². The van der Waals surface area contributed by atoms with Crippen LogP contribution >= 0.6 is 0 Å². The number of benzene rings is 1. The molecule has 0 saturated heterocycles. The summed E-state index contributed by atoms with van der Waals surface area (Å²) in [7, 11) is 0. The fourth-order valence-electron chi connectivity index (χ4n) is 3.05. The predicted octanol–water partition coefficient (Wildman–Crippen LogP) is 2.36. The van der Waals surface area contributed by atoms with Gasteiger partial charge in [-0.05, 0) is 24.5 Å². The fourth-order valence-corrected chi connectivity index (χ4v) is 3.05. The standard InChI is InChI=1S/C16H22N4O/c1-2-8-20-11-12(10-18-20)16(19-17)14-7-9-21-15-6-4-3-5-13(14)15/h3-6,10-11,14,16,19H,2,7-9,17H2,1H3. The Hall–Kier alpha value is -1.85. The molecule has 1 aliphatic heterocycles. The minimum Gasteiger partial charge on any atom is -0.493 e. The molecule has 0 saturated carbocycles. The summed E-state index contributed by atoms with van der Waals surface area (Å²) in [4.78, 5) is 0. The molecule has 1 aliphatic rings. The minimum absolute atomic E-state index is 0.0562. The number of nitrogens with one attached hydrogen (secondary N) is 1. The number of rotatable bonds is 5. The summed E-state index contributed by atoms with van der Waals surface area (Å²) in [6.07, 6.45) is 6.02. The maximum Gasteiger partial charge on any atom is 0.122 e. The van der Waals surface area contributed by atoms with Gasteiger partial charge in [0.1, 0.15) is 5.75 Å². The number of nitrogens with zero attached hydrogens (tertiary/aromatic N) is 2. The Kier molecular flexibility index (Phi) is 4.22. The number of fused-ring (bicyclic) bond motifs is 1. The average molecular weight is 286 g/mol. The molecule has 1 aromatic carbocycles. The Labute approximate surface area is 125 Å². The van der Waals surface area contributed by atoms with Crippen LogP contribution in [0.5, 0.6) is 5.75 Å². The zero-order chi connectivity index (χ0) is 14.7. The van der Waals surface area contributed by atoms with E-state index in [9.17, 15) is 0 Å². The maximum atomic E-state index is 5.85. The quantitative estimate of drug-likeness (QED) is 0.654. The summed E-state index contributed by atoms with van der Waals surface area (Å²) >= 11 is 0. The number of ether oxygens (including phenoxy) is 1. The lowest BCUT2D eigenvalue weighted by Crippen LogP contribution is -2.34. The SMILES string of the molecule is CCCn1cc(C(NN)C2CCOc3ccccc32)cn1. The topological polar surface area (TPSA) is 65.1 Å². The molecule has 2 aromatic rings. The van der Waals surface area contributed by atoms with E-state index >= 15 is 0 Å². The van der Waals surface area contributed by atoms with E-state index in [1.165, 1.54) is 5.56 Å². The van der Waals surface area contributed by atoms with Gasteiger partial charge in [0.25, 0.3) is 0 Å². The molecule has 1 aromatic heterocycles. The van der Waals surface area contributed by atoms with E-state index in [-0.39, 0.29) is 6.04 Å². The summed E-state index contributed by atoms with van der Waals surface area (Å²) in [5.41, 5.74) is 5.33. The molecule has 3 rings (SSSR count). The van der Waals surface area contributed by atoms with Gasteiger partial charge in [-0.2, -0.15) is 5.10 Å². The van der Waals surface area contributed by atoms with Gasteiger partial charge >= 0.3 is 0 Å². The van der Waals surface area contributed by atoms with Crippen molar-refractivity contribution in [3.63, 3.8) is 0 Å². The summed E-state index contributed by atoms with van der Waals surface area (Å²) in [6, 6.07) is 8.26. The lowest BCUT2D eigenvalue weighted by Gasteiger charge is -2.31. The molecule has 112 valence electrons. The highest BCUT2D eigenvalue weighted by atomic mass is 16.5. The van der Waals surface area contributed by atoms with Crippen LogP contribution in [-0.2, 0) is 6.54 Å². The molecule has 2 unspecified atom stereocenters. The first-order chi connectivity index (χ1) is 10.3. The molecule has 0 bridgehead atoms. The van der Waals surface area contributed by atoms with E-state index in [1.807, 2.05) is 23.0 Å². The first kappa shape index (κ1) is 14.1. The van der Waals surface area contributed by atoms with Gasteiger partial charge in [-0.3, -0.25) is 16.0 Å². The molecule has 21 heavy (non-hydrogen) atoms. The summed E-state index contributed by atoms with van der Waals surface area (Å²) in [5.74, 6) is 7.12. The molecule has 3 N–H and O–H groups in total. The van der Waals surface area contributed by atoms with Crippen molar-refractivity contribution in [1.82, 2.24) is 15.2 Å². The molecule has 0 fully saturated rings. The second kappa shape index (κ2) is 6.28. The highest BCUT2D eigenvalue weighted by Gasteiger charge is 2.30. The van der Waals surface area contributed by atoms with Gasteiger partial charge in [0, 0.05) is 24.2 Å². The van der Waals surface area contributed by atoms with Gasteiger partial charge in [0.05, 0.1) is 18.8 Å². The molecule has 0 aliphatic carbocycles. The Balaban J connectivity index is 1.89. The highest BCUT2D eigenvalue weighted by Crippen LogP contribution is 2.40. The van der Waals surface area contributed by atoms with E-state index in [0.717, 1.165) is 37.3 Å². The van der Waals surface area contributed by atoms with E-state index < -0.39 is 0 Å². The zero-order valence-corrected chi connectivity index (χ0v) is 12.3. The third kappa shape index (κ3) is 2.80. The first-order valence-electron chi connectivity index (χ1n) is 7.53. The predicted molar refractivity (Wildman–Crippen MR) is 81.9 cm³/mol. The Bertz CT molecular complexity index is 595. The van der Waals surface area contributed by atoms with Crippen LogP contribution in [0.4, 0.5) is 0 Å². The number of hydrazine groups is 1. The number of para-hydroxylation sites is 1. The molecule has 0 amide bonds. The Morgan fingerprint density at radius 2 is 2.33 bits per heavy atom.